The minimum atomic E-state index is -1.01. The van der Waals surface area contributed by atoms with Crippen molar-refractivity contribution in [3.05, 3.63) is 0 Å². The molecule has 0 bridgehead atoms. The summed E-state index contributed by atoms with van der Waals surface area (Å²) in [6.45, 7) is 3.43. The van der Waals surface area contributed by atoms with Gasteiger partial charge in [-0.1, -0.05) is 6.92 Å². The summed E-state index contributed by atoms with van der Waals surface area (Å²) in [4.78, 5) is 10.1. The average molecular weight is 133 g/mol. The molecule has 0 aromatic carbocycles. The van der Waals surface area contributed by atoms with Crippen LogP contribution in [0.1, 0.15) is 13.8 Å². The molecule has 0 aliphatic carbocycles. The summed E-state index contributed by atoms with van der Waals surface area (Å²) in [7, 11) is 0. The number of carboxylic acids is 1. The Morgan fingerprint density at radius 2 is 2.22 bits per heavy atom. The van der Waals surface area contributed by atoms with Crippen molar-refractivity contribution >= 4 is 5.97 Å². The largest absolute Gasteiger partial charge is 0.480 e. The zero-order chi connectivity index (χ0) is 7.44. The molecule has 0 radical (unpaired) electrons. The van der Waals surface area contributed by atoms with Crippen LogP contribution in [0.3, 0.4) is 0 Å². The van der Waals surface area contributed by atoms with E-state index in [1.807, 2.05) is 0 Å². The highest BCUT2D eigenvalue weighted by molar-refractivity contribution is 5.72. The molecule has 1 atom stereocenters. The lowest BCUT2D eigenvalue weighted by Crippen LogP contribution is -2.35. The zero-order valence-corrected chi connectivity index (χ0v) is 5.53. The molecule has 0 aromatic rings. The molecule has 4 nitrogen and oxygen atoms in total. The number of carboxylic acid groups (broad SMARTS) is 1. The Bertz CT molecular complexity index is 104. The predicted molar refractivity (Wildman–Crippen MR) is 31.3 cm³/mol. The lowest BCUT2D eigenvalue weighted by Gasteiger charge is -2.15. The standard InChI is InChI=1S/C5H11NO3/c1-3-6(9)4(2)5(7)8/h4,9H,3H2,1-2H3,(H,7,8). The molecular formula is C5H11NO3. The van der Waals surface area contributed by atoms with Gasteiger partial charge in [-0.2, -0.15) is 5.06 Å². The summed E-state index contributed by atoms with van der Waals surface area (Å²) < 4.78 is 0. The normalized spacial score (nSPS) is 13.8. The molecule has 0 aliphatic heterocycles. The van der Waals surface area contributed by atoms with Gasteiger partial charge in [0.05, 0.1) is 0 Å². The van der Waals surface area contributed by atoms with E-state index >= 15 is 0 Å². The first-order valence-corrected chi connectivity index (χ1v) is 2.78. The first-order chi connectivity index (χ1) is 4.09. The first-order valence-electron chi connectivity index (χ1n) is 2.78. The molecule has 2 N–H and O–H groups in total. The molecule has 0 saturated heterocycles. The monoisotopic (exact) mass is 133 g/mol. The number of nitrogens with zero attached hydrogens (tertiary/aromatic N) is 1. The van der Waals surface area contributed by atoms with Crippen LogP contribution in [-0.2, 0) is 4.79 Å². The Kier molecular flexibility index (Phi) is 3.19. The summed E-state index contributed by atoms with van der Waals surface area (Å²) in [5.41, 5.74) is 0. The Labute approximate surface area is 53.7 Å². The highest BCUT2D eigenvalue weighted by atomic mass is 16.5. The molecule has 0 spiro atoms. The number of hydroxylamine groups is 2. The average Bonchev–Trinajstić information content (AvgIpc) is 1.84. The molecule has 54 valence electrons. The van der Waals surface area contributed by atoms with Crippen LogP contribution in [0.4, 0.5) is 0 Å². The molecular weight excluding hydrogens is 122 g/mol. The van der Waals surface area contributed by atoms with E-state index in [2.05, 4.69) is 0 Å². The molecule has 0 heterocycles. The van der Waals surface area contributed by atoms with Crippen LogP contribution in [-0.4, -0.2) is 33.9 Å². The van der Waals surface area contributed by atoms with Crippen LogP contribution < -0.4 is 0 Å². The molecule has 4 heteroatoms. The second kappa shape index (κ2) is 3.42. The minimum absolute atomic E-state index is 0.327. The molecule has 0 aromatic heterocycles. The van der Waals surface area contributed by atoms with Gasteiger partial charge in [-0.3, -0.25) is 4.79 Å². The van der Waals surface area contributed by atoms with Crippen molar-refractivity contribution < 1.29 is 15.1 Å². The van der Waals surface area contributed by atoms with Gasteiger partial charge in [0.15, 0.2) is 0 Å². The fourth-order valence-electron chi connectivity index (χ4n) is 0.401. The van der Waals surface area contributed by atoms with E-state index < -0.39 is 12.0 Å². The third-order valence-electron chi connectivity index (χ3n) is 1.13. The first kappa shape index (κ1) is 8.39. The van der Waals surface area contributed by atoms with E-state index in [9.17, 15) is 4.79 Å². The number of hydrogen-bond acceptors (Lipinski definition) is 3. The van der Waals surface area contributed by atoms with E-state index in [0.717, 1.165) is 5.06 Å². The van der Waals surface area contributed by atoms with Gasteiger partial charge < -0.3 is 10.3 Å². The van der Waals surface area contributed by atoms with Gasteiger partial charge in [0.25, 0.3) is 0 Å². The molecule has 0 fully saturated rings. The Morgan fingerprint density at radius 1 is 1.78 bits per heavy atom. The van der Waals surface area contributed by atoms with Crippen molar-refractivity contribution in [2.75, 3.05) is 6.54 Å². The fraction of sp³-hybridized carbons (Fsp3) is 0.800. The Balaban J connectivity index is 3.72. The lowest BCUT2D eigenvalue weighted by molar-refractivity contribution is -0.165. The van der Waals surface area contributed by atoms with Crippen molar-refractivity contribution in [1.29, 1.82) is 0 Å². The van der Waals surface area contributed by atoms with Gasteiger partial charge in [0.1, 0.15) is 6.04 Å². The van der Waals surface area contributed by atoms with Gasteiger partial charge in [0, 0.05) is 6.54 Å². The molecule has 0 aliphatic rings. The second-order valence-electron chi connectivity index (χ2n) is 1.77. The van der Waals surface area contributed by atoms with Crippen molar-refractivity contribution in [2.24, 2.45) is 0 Å². The smallest absolute Gasteiger partial charge is 0.323 e. The van der Waals surface area contributed by atoms with Crippen molar-refractivity contribution in [2.45, 2.75) is 19.9 Å². The van der Waals surface area contributed by atoms with Gasteiger partial charge >= 0.3 is 5.97 Å². The maximum absolute atomic E-state index is 10.1. The molecule has 0 amide bonds. The highest BCUT2D eigenvalue weighted by Crippen LogP contribution is 1.92. The topological polar surface area (TPSA) is 60.8 Å². The summed E-state index contributed by atoms with van der Waals surface area (Å²) in [6, 6.07) is -0.810. The van der Waals surface area contributed by atoms with Gasteiger partial charge in [0.2, 0.25) is 0 Å². The van der Waals surface area contributed by atoms with Crippen molar-refractivity contribution in [3.63, 3.8) is 0 Å². The highest BCUT2D eigenvalue weighted by Gasteiger charge is 2.15. The molecule has 0 saturated carbocycles. The summed E-state index contributed by atoms with van der Waals surface area (Å²) in [6.07, 6.45) is 0. The third kappa shape index (κ3) is 2.43. The Morgan fingerprint density at radius 3 is 2.33 bits per heavy atom. The molecule has 0 rings (SSSR count). The second-order valence-corrected chi connectivity index (χ2v) is 1.77. The van der Waals surface area contributed by atoms with Crippen LogP contribution >= 0.6 is 0 Å². The van der Waals surface area contributed by atoms with Gasteiger partial charge in [-0.25, -0.2) is 0 Å². The summed E-state index contributed by atoms with van der Waals surface area (Å²) >= 11 is 0. The van der Waals surface area contributed by atoms with E-state index in [-0.39, 0.29) is 0 Å². The SMILES string of the molecule is CCN(O)C(C)C(=O)O. The maximum Gasteiger partial charge on any atom is 0.323 e. The summed E-state index contributed by atoms with van der Waals surface area (Å²) in [5.74, 6) is -1.01. The van der Waals surface area contributed by atoms with E-state index in [1.165, 1.54) is 6.92 Å². The van der Waals surface area contributed by atoms with E-state index in [4.69, 9.17) is 10.3 Å². The quantitative estimate of drug-likeness (QED) is 0.539. The minimum Gasteiger partial charge on any atom is -0.480 e. The number of hydrogen-bond donors (Lipinski definition) is 2. The van der Waals surface area contributed by atoms with Crippen LogP contribution in [0, 0.1) is 0 Å². The van der Waals surface area contributed by atoms with Crippen LogP contribution in [0.2, 0.25) is 0 Å². The van der Waals surface area contributed by atoms with Gasteiger partial charge in [-0.15, -0.1) is 0 Å². The lowest BCUT2D eigenvalue weighted by atomic mass is 10.3. The maximum atomic E-state index is 10.1. The van der Waals surface area contributed by atoms with Crippen molar-refractivity contribution in [3.8, 4) is 0 Å². The fourth-order valence-corrected chi connectivity index (χ4v) is 0.401. The molecule has 9 heavy (non-hydrogen) atoms. The van der Waals surface area contributed by atoms with Gasteiger partial charge in [-0.05, 0) is 6.92 Å². The molecule has 1 unspecified atom stereocenters. The number of aliphatic carboxylic acids is 1. The van der Waals surface area contributed by atoms with Crippen LogP contribution in [0.25, 0.3) is 0 Å². The summed E-state index contributed by atoms with van der Waals surface area (Å²) in [5, 5.41) is 17.8. The Hall–Kier alpha value is -0.610. The predicted octanol–water partition coefficient (Wildman–Crippen LogP) is 0.171. The van der Waals surface area contributed by atoms with Crippen LogP contribution in [0.15, 0.2) is 0 Å². The number of carbonyl (C=O) groups is 1. The van der Waals surface area contributed by atoms with Crippen LogP contribution in [0.5, 0.6) is 0 Å². The van der Waals surface area contributed by atoms with Crippen molar-refractivity contribution in [1.82, 2.24) is 5.06 Å². The number of likely N-dealkylation sites (N-methyl/N-ethyl adjacent to an activating group) is 1. The zero-order valence-electron chi connectivity index (χ0n) is 5.53. The number of rotatable bonds is 3. The van der Waals surface area contributed by atoms with E-state index in [1.54, 1.807) is 6.92 Å². The van der Waals surface area contributed by atoms with E-state index in [0.29, 0.717) is 6.54 Å². The third-order valence-corrected chi connectivity index (χ3v) is 1.13.